The normalized spacial score (nSPS) is 29.8. The molecule has 1 aromatic rings. The molecular weight excluding hydrogens is 306 g/mol. The molecule has 4 rings (SSSR count). The second-order valence-corrected chi connectivity index (χ2v) is 7.13. The van der Waals surface area contributed by atoms with Crippen LogP contribution in [0.2, 0.25) is 0 Å². The number of rotatable bonds is 3. The molecule has 128 valence electrons. The first-order valence-corrected chi connectivity index (χ1v) is 8.77. The lowest BCUT2D eigenvalue weighted by Gasteiger charge is -2.25. The second-order valence-electron chi connectivity index (χ2n) is 7.13. The van der Waals surface area contributed by atoms with Crippen molar-refractivity contribution in [2.24, 2.45) is 5.41 Å². The molecule has 1 aromatic heterocycles. The molecule has 0 saturated carbocycles. The van der Waals surface area contributed by atoms with Gasteiger partial charge in [-0.3, -0.25) is 14.6 Å². The van der Waals surface area contributed by atoms with E-state index in [1.54, 1.807) is 12.4 Å². The Balaban J connectivity index is 1.41. The van der Waals surface area contributed by atoms with Gasteiger partial charge in [0.1, 0.15) is 6.10 Å². The van der Waals surface area contributed by atoms with Crippen molar-refractivity contribution in [3.8, 4) is 0 Å². The zero-order chi connectivity index (χ0) is 16.6. The zero-order valence-corrected chi connectivity index (χ0v) is 13.8. The minimum Gasteiger partial charge on any atom is -0.368 e. The van der Waals surface area contributed by atoms with Gasteiger partial charge in [0.05, 0.1) is 5.41 Å². The molecule has 2 atom stereocenters. The van der Waals surface area contributed by atoms with E-state index in [2.05, 4.69) is 4.98 Å². The summed E-state index contributed by atoms with van der Waals surface area (Å²) >= 11 is 0. The molecule has 6 heteroatoms. The van der Waals surface area contributed by atoms with Crippen LogP contribution in [-0.4, -0.2) is 58.9 Å². The third kappa shape index (κ3) is 2.69. The van der Waals surface area contributed by atoms with Gasteiger partial charge in [-0.2, -0.15) is 0 Å². The highest BCUT2D eigenvalue weighted by molar-refractivity contribution is 5.88. The fourth-order valence-corrected chi connectivity index (χ4v) is 4.17. The van der Waals surface area contributed by atoms with Crippen LogP contribution in [0.4, 0.5) is 0 Å². The Labute approximate surface area is 141 Å². The van der Waals surface area contributed by atoms with E-state index in [1.807, 2.05) is 21.9 Å². The van der Waals surface area contributed by atoms with Crippen molar-refractivity contribution in [1.29, 1.82) is 0 Å². The number of hydrogen-bond donors (Lipinski definition) is 0. The van der Waals surface area contributed by atoms with E-state index < -0.39 is 0 Å². The molecule has 3 aliphatic heterocycles. The molecule has 3 aliphatic rings. The summed E-state index contributed by atoms with van der Waals surface area (Å²) in [7, 11) is 0. The molecule has 6 nitrogen and oxygen atoms in total. The van der Waals surface area contributed by atoms with Crippen LogP contribution in [0, 0.1) is 5.41 Å². The summed E-state index contributed by atoms with van der Waals surface area (Å²) < 4.78 is 5.51. The number of carbonyl (C=O) groups excluding carboxylic acids is 2. The number of amides is 2. The van der Waals surface area contributed by atoms with Crippen LogP contribution in [0.3, 0.4) is 0 Å². The summed E-state index contributed by atoms with van der Waals surface area (Å²) in [6, 6.07) is 3.89. The molecular formula is C18H23N3O3. The first-order valence-electron chi connectivity index (χ1n) is 8.77. The maximum atomic E-state index is 13.0. The van der Waals surface area contributed by atoms with Crippen molar-refractivity contribution in [2.75, 3.05) is 26.2 Å². The van der Waals surface area contributed by atoms with E-state index in [0.717, 1.165) is 37.8 Å². The number of aromatic nitrogens is 1. The Morgan fingerprint density at radius 3 is 3.00 bits per heavy atom. The van der Waals surface area contributed by atoms with Gasteiger partial charge < -0.3 is 14.5 Å². The quantitative estimate of drug-likeness (QED) is 0.836. The van der Waals surface area contributed by atoms with E-state index in [4.69, 9.17) is 4.74 Å². The smallest absolute Gasteiger partial charge is 0.251 e. The molecule has 0 unspecified atom stereocenters. The summed E-state index contributed by atoms with van der Waals surface area (Å²) in [6.45, 7) is 3.26. The summed E-state index contributed by atoms with van der Waals surface area (Å²) in [6.07, 6.45) is 6.62. The molecule has 0 aliphatic carbocycles. The van der Waals surface area contributed by atoms with Gasteiger partial charge in [-0.25, -0.2) is 0 Å². The van der Waals surface area contributed by atoms with Gasteiger partial charge in [-0.05, 0) is 37.3 Å². The van der Waals surface area contributed by atoms with Gasteiger partial charge >= 0.3 is 0 Å². The molecule has 0 N–H and O–H groups in total. The minimum atomic E-state index is -0.378. The van der Waals surface area contributed by atoms with E-state index in [9.17, 15) is 9.59 Å². The number of nitrogens with zero attached hydrogens (tertiary/aromatic N) is 3. The van der Waals surface area contributed by atoms with Crippen molar-refractivity contribution < 1.29 is 14.3 Å². The maximum absolute atomic E-state index is 13.0. The lowest BCUT2D eigenvalue weighted by atomic mass is 9.85. The van der Waals surface area contributed by atoms with E-state index in [1.165, 1.54) is 0 Å². The second kappa shape index (κ2) is 6.16. The number of likely N-dealkylation sites (tertiary alicyclic amines) is 2. The number of pyridine rings is 1. The van der Waals surface area contributed by atoms with Gasteiger partial charge in [0.2, 0.25) is 5.91 Å². The molecule has 2 amide bonds. The van der Waals surface area contributed by atoms with Gasteiger partial charge in [0, 0.05) is 45.2 Å². The van der Waals surface area contributed by atoms with Crippen molar-refractivity contribution >= 4 is 11.8 Å². The topological polar surface area (TPSA) is 62.7 Å². The molecule has 4 heterocycles. The van der Waals surface area contributed by atoms with Gasteiger partial charge in [0.25, 0.3) is 5.91 Å². The lowest BCUT2D eigenvalue weighted by molar-refractivity contribution is -0.141. The monoisotopic (exact) mass is 329 g/mol. The van der Waals surface area contributed by atoms with Crippen LogP contribution in [0.5, 0.6) is 0 Å². The fourth-order valence-electron chi connectivity index (χ4n) is 4.17. The molecule has 3 saturated heterocycles. The van der Waals surface area contributed by atoms with Crippen LogP contribution in [-0.2, 0) is 20.9 Å². The van der Waals surface area contributed by atoms with Crippen LogP contribution in [0.15, 0.2) is 24.5 Å². The standard InChI is InChI=1S/C18H23N3O3/c22-16(15-4-2-10-24-15)21-9-6-18(13-21)5-8-20(17(18)23)12-14-3-1-7-19-11-14/h1,3,7,11,15H,2,4-6,8-10,12-13H2/t15-,18+/m1/s1. The van der Waals surface area contributed by atoms with Crippen molar-refractivity contribution in [3.63, 3.8) is 0 Å². The predicted octanol–water partition coefficient (Wildman–Crippen LogP) is 1.21. The molecule has 1 spiro atoms. The Kier molecular flexibility index (Phi) is 4.00. The van der Waals surface area contributed by atoms with E-state index in [-0.39, 0.29) is 23.3 Å². The van der Waals surface area contributed by atoms with Gasteiger partial charge in [-0.1, -0.05) is 6.07 Å². The molecule has 3 fully saturated rings. The average Bonchev–Trinajstić information content (AvgIpc) is 3.34. The van der Waals surface area contributed by atoms with Crippen LogP contribution in [0.1, 0.15) is 31.2 Å². The third-order valence-corrected chi connectivity index (χ3v) is 5.57. The van der Waals surface area contributed by atoms with Crippen molar-refractivity contribution in [2.45, 2.75) is 38.3 Å². The number of hydrogen-bond acceptors (Lipinski definition) is 4. The third-order valence-electron chi connectivity index (χ3n) is 5.57. The minimum absolute atomic E-state index is 0.0721. The van der Waals surface area contributed by atoms with Gasteiger partial charge in [0.15, 0.2) is 0 Å². The predicted molar refractivity (Wildman–Crippen MR) is 86.9 cm³/mol. The lowest BCUT2D eigenvalue weighted by Crippen LogP contribution is -2.41. The van der Waals surface area contributed by atoms with Gasteiger partial charge in [-0.15, -0.1) is 0 Å². The van der Waals surface area contributed by atoms with Crippen molar-refractivity contribution in [3.05, 3.63) is 30.1 Å². The average molecular weight is 329 g/mol. The summed E-state index contributed by atoms with van der Waals surface area (Å²) in [5, 5.41) is 0. The molecule has 0 aromatic carbocycles. The summed E-state index contributed by atoms with van der Waals surface area (Å²) in [5.41, 5.74) is 0.671. The Morgan fingerprint density at radius 2 is 2.25 bits per heavy atom. The highest BCUT2D eigenvalue weighted by Crippen LogP contribution is 2.41. The first-order chi connectivity index (χ1) is 11.7. The zero-order valence-electron chi connectivity index (χ0n) is 13.8. The van der Waals surface area contributed by atoms with E-state index >= 15 is 0 Å². The highest BCUT2D eigenvalue weighted by atomic mass is 16.5. The first kappa shape index (κ1) is 15.6. The van der Waals surface area contributed by atoms with Crippen LogP contribution >= 0.6 is 0 Å². The SMILES string of the molecule is O=C([C@H]1CCCO1)N1CC[C@@]2(CCN(Cc3cccnc3)C2=O)C1. The molecule has 0 radical (unpaired) electrons. The summed E-state index contributed by atoms with van der Waals surface area (Å²) in [4.78, 5) is 33.4. The van der Waals surface area contributed by atoms with Crippen molar-refractivity contribution in [1.82, 2.24) is 14.8 Å². The Hall–Kier alpha value is -1.95. The van der Waals surface area contributed by atoms with E-state index in [0.29, 0.717) is 26.2 Å². The summed E-state index contributed by atoms with van der Waals surface area (Å²) in [5.74, 6) is 0.261. The fraction of sp³-hybridized carbons (Fsp3) is 0.611. The molecule has 0 bridgehead atoms. The number of ether oxygens (including phenoxy) is 1. The Bertz CT molecular complexity index is 630. The number of carbonyl (C=O) groups is 2. The van der Waals surface area contributed by atoms with Crippen LogP contribution < -0.4 is 0 Å². The Morgan fingerprint density at radius 1 is 1.38 bits per heavy atom. The highest BCUT2D eigenvalue weighted by Gasteiger charge is 2.52. The molecule has 24 heavy (non-hydrogen) atoms. The maximum Gasteiger partial charge on any atom is 0.251 e. The van der Waals surface area contributed by atoms with Crippen LogP contribution in [0.25, 0.3) is 0 Å². The largest absolute Gasteiger partial charge is 0.368 e.